The van der Waals surface area contributed by atoms with Crippen molar-refractivity contribution in [2.45, 2.75) is 44.8 Å². The van der Waals surface area contributed by atoms with Crippen LogP contribution in [-0.2, 0) is 14.9 Å². The number of carboxylic acids is 1. The second kappa shape index (κ2) is 8.53. The van der Waals surface area contributed by atoms with Gasteiger partial charge >= 0.3 is 12.1 Å². The number of amides is 1. The summed E-state index contributed by atoms with van der Waals surface area (Å²) < 4.78 is 6.19. The molecule has 2 N–H and O–H groups in total. The van der Waals surface area contributed by atoms with Crippen molar-refractivity contribution in [1.82, 2.24) is 5.32 Å². The zero-order valence-corrected chi connectivity index (χ0v) is 18.5. The molecule has 0 heterocycles. The smallest absolute Gasteiger partial charge is 0.408 e. The second-order valence-electron chi connectivity index (χ2n) is 7.65. The molecule has 2 rings (SSSR count). The molecule has 2 atom stereocenters. The van der Waals surface area contributed by atoms with E-state index in [1.807, 2.05) is 0 Å². The Labute approximate surface area is 178 Å². The van der Waals surface area contributed by atoms with Crippen molar-refractivity contribution in [3.8, 4) is 0 Å². The Balaban J connectivity index is 2.56. The van der Waals surface area contributed by atoms with E-state index in [2.05, 4.69) is 21.2 Å². The Morgan fingerprint density at radius 2 is 1.57 bits per heavy atom. The van der Waals surface area contributed by atoms with Crippen LogP contribution in [0.2, 0.25) is 5.02 Å². The first-order chi connectivity index (χ1) is 12.9. The molecule has 0 saturated heterocycles. The third kappa shape index (κ3) is 5.26. The van der Waals surface area contributed by atoms with E-state index in [1.54, 1.807) is 76.2 Å². The summed E-state index contributed by atoms with van der Waals surface area (Å²) in [6.07, 6.45) is -0.697. The molecule has 0 fully saturated rings. The molecule has 0 aliphatic rings. The predicted octanol–water partition coefficient (Wildman–Crippen LogP) is 5.71. The van der Waals surface area contributed by atoms with Crippen LogP contribution in [0.3, 0.4) is 0 Å². The highest BCUT2D eigenvalue weighted by molar-refractivity contribution is 9.10. The summed E-state index contributed by atoms with van der Waals surface area (Å²) in [5.74, 6) is -1.08. The van der Waals surface area contributed by atoms with Crippen molar-refractivity contribution in [1.29, 1.82) is 0 Å². The average molecular weight is 469 g/mol. The van der Waals surface area contributed by atoms with Crippen molar-refractivity contribution in [2.24, 2.45) is 0 Å². The minimum atomic E-state index is -1.45. The summed E-state index contributed by atoms with van der Waals surface area (Å²) in [6.45, 7) is 6.81. The molecule has 7 heteroatoms. The van der Waals surface area contributed by atoms with Crippen LogP contribution in [0.1, 0.15) is 44.9 Å². The van der Waals surface area contributed by atoms with Gasteiger partial charge in [0, 0.05) is 9.50 Å². The third-order valence-corrected chi connectivity index (χ3v) is 5.11. The molecule has 0 bridgehead atoms. The number of hydrogen-bond acceptors (Lipinski definition) is 3. The highest BCUT2D eigenvalue weighted by Crippen LogP contribution is 2.39. The lowest BCUT2D eigenvalue weighted by molar-refractivity contribution is -0.144. The molecule has 28 heavy (non-hydrogen) atoms. The predicted molar refractivity (Wildman–Crippen MR) is 113 cm³/mol. The lowest BCUT2D eigenvalue weighted by Crippen LogP contribution is -2.48. The van der Waals surface area contributed by atoms with Crippen LogP contribution >= 0.6 is 27.5 Å². The molecule has 0 radical (unpaired) electrons. The minimum absolute atomic E-state index is 0.514. The summed E-state index contributed by atoms with van der Waals surface area (Å²) in [7, 11) is 0. The first-order valence-electron chi connectivity index (χ1n) is 8.68. The van der Waals surface area contributed by atoms with E-state index in [1.165, 1.54) is 0 Å². The van der Waals surface area contributed by atoms with E-state index < -0.39 is 29.1 Å². The van der Waals surface area contributed by atoms with E-state index in [-0.39, 0.29) is 0 Å². The molecule has 1 amide bonds. The van der Waals surface area contributed by atoms with Crippen LogP contribution in [-0.4, -0.2) is 22.8 Å². The van der Waals surface area contributed by atoms with Gasteiger partial charge in [-0.25, -0.2) is 4.79 Å². The fourth-order valence-electron chi connectivity index (χ4n) is 2.85. The van der Waals surface area contributed by atoms with E-state index in [9.17, 15) is 14.7 Å². The Morgan fingerprint density at radius 3 is 2.04 bits per heavy atom. The third-order valence-electron chi connectivity index (χ3n) is 4.33. The first kappa shape index (κ1) is 22.2. The van der Waals surface area contributed by atoms with E-state index in [4.69, 9.17) is 16.3 Å². The number of rotatable bonds is 5. The Bertz CT molecular complexity index is 846. The number of carboxylic acid groups (broad SMARTS) is 1. The molecule has 2 aromatic carbocycles. The molecular weight excluding hydrogens is 446 g/mol. The monoisotopic (exact) mass is 467 g/mol. The van der Waals surface area contributed by atoms with Crippen molar-refractivity contribution in [3.63, 3.8) is 0 Å². The van der Waals surface area contributed by atoms with Gasteiger partial charge in [0.05, 0.1) is 6.04 Å². The van der Waals surface area contributed by atoms with Crippen LogP contribution < -0.4 is 5.32 Å². The minimum Gasteiger partial charge on any atom is -0.481 e. The van der Waals surface area contributed by atoms with Gasteiger partial charge in [-0.3, -0.25) is 4.79 Å². The van der Waals surface area contributed by atoms with Gasteiger partial charge in [0.25, 0.3) is 0 Å². The second-order valence-corrected chi connectivity index (χ2v) is 9.00. The molecule has 2 unspecified atom stereocenters. The van der Waals surface area contributed by atoms with Crippen LogP contribution in [0.5, 0.6) is 0 Å². The quantitative estimate of drug-likeness (QED) is 0.589. The SMILES string of the molecule is CC(C)(C)OC(=O)NC(c1ccc(Cl)cc1)C(C)(C(=O)O)c1ccc(Br)cc1. The topological polar surface area (TPSA) is 75.6 Å². The molecule has 2 aromatic rings. The fraction of sp³-hybridized carbons (Fsp3) is 0.333. The fourth-order valence-corrected chi connectivity index (χ4v) is 3.24. The highest BCUT2D eigenvalue weighted by atomic mass is 79.9. The Kier molecular flexibility index (Phi) is 6.78. The maximum atomic E-state index is 12.5. The van der Waals surface area contributed by atoms with Gasteiger partial charge in [0.1, 0.15) is 11.0 Å². The largest absolute Gasteiger partial charge is 0.481 e. The van der Waals surface area contributed by atoms with Gasteiger partial charge in [-0.1, -0.05) is 51.8 Å². The van der Waals surface area contributed by atoms with Crippen molar-refractivity contribution < 1.29 is 19.4 Å². The van der Waals surface area contributed by atoms with E-state index in [0.29, 0.717) is 16.1 Å². The standard InChI is InChI=1S/C21H23BrClNO4/c1-20(2,3)28-19(27)24-17(13-5-11-16(23)12-6-13)21(4,18(25)26)14-7-9-15(22)10-8-14/h5-12,17H,1-4H3,(H,24,27)(H,25,26). The number of alkyl carbamates (subject to hydrolysis) is 1. The number of halogens is 2. The molecule has 150 valence electrons. The van der Waals surface area contributed by atoms with Gasteiger partial charge in [-0.15, -0.1) is 0 Å². The zero-order chi connectivity index (χ0) is 21.1. The maximum absolute atomic E-state index is 12.5. The van der Waals surface area contributed by atoms with Crippen molar-refractivity contribution in [2.75, 3.05) is 0 Å². The normalized spacial score (nSPS) is 14.6. The van der Waals surface area contributed by atoms with Crippen LogP contribution in [0.15, 0.2) is 53.0 Å². The molecule has 0 aliphatic heterocycles. The van der Waals surface area contributed by atoms with Gasteiger partial charge in [0.2, 0.25) is 0 Å². The summed E-state index contributed by atoms with van der Waals surface area (Å²) in [4.78, 5) is 24.9. The lowest BCUT2D eigenvalue weighted by atomic mass is 9.73. The lowest BCUT2D eigenvalue weighted by Gasteiger charge is -2.36. The van der Waals surface area contributed by atoms with E-state index >= 15 is 0 Å². The zero-order valence-electron chi connectivity index (χ0n) is 16.1. The van der Waals surface area contributed by atoms with Gasteiger partial charge < -0.3 is 15.2 Å². The molecule has 0 aliphatic carbocycles. The maximum Gasteiger partial charge on any atom is 0.408 e. The number of carbonyl (C=O) groups is 2. The highest BCUT2D eigenvalue weighted by Gasteiger charge is 2.45. The molecule has 0 aromatic heterocycles. The van der Waals surface area contributed by atoms with Gasteiger partial charge in [-0.05, 0) is 63.1 Å². The number of nitrogens with one attached hydrogen (secondary N) is 1. The molecular formula is C21H23BrClNO4. The van der Waals surface area contributed by atoms with Gasteiger partial charge in [-0.2, -0.15) is 0 Å². The summed E-state index contributed by atoms with van der Waals surface area (Å²) in [5.41, 5.74) is -1.03. The van der Waals surface area contributed by atoms with Crippen molar-refractivity contribution in [3.05, 3.63) is 69.2 Å². The van der Waals surface area contributed by atoms with Crippen LogP contribution in [0.4, 0.5) is 4.79 Å². The van der Waals surface area contributed by atoms with E-state index in [0.717, 1.165) is 4.47 Å². The average Bonchev–Trinajstić information content (AvgIpc) is 2.59. The van der Waals surface area contributed by atoms with Gasteiger partial charge in [0.15, 0.2) is 0 Å². The number of ether oxygens (including phenoxy) is 1. The van der Waals surface area contributed by atoms with Crippen LogP contribution in [0.25, 0.3) is 0 Å². The molecule has 0 saturated carbocycles. The number of carbonyl (C=O) groups excluding carboxylic acids is 1. The van der Waals surface area contributed by atoms with Crippen LogP contribution in [0, 0.1) is 0 Å². The summed E-state index contributed by atoms with van der Waals surface area (Å²) in [5, 5.41) is 13.4. The molecule has 0 spiro atoms. The Morgan fingerprint density at radius 1 is 1.04 bits per heavy atom. The summed E-state index contributed by atoms with van der Waals surface area (Å²) >= 11 is 9.35. The number of hydrogen-bond donors (Lipinski definition) is 2. The molecule has 5 nitrogen and oxygen atoms in total. The summed E-state index contributed by atoms with van der Waals surface area (Å²) in [6, 6.07) is 12.8. The van der Waals surface area contributed by atoms with Crippen molar-refractivity contribution >= 4 is 39.6 Å². The number of benzene rings is 2. The Hall–Kier alpha value is -2.05. The first-order valence-corrected chi connectivity index (χ1v) is 9.85. The number of aliphatic carboxylic acids is 1.